The van der Waals surface area contributed by atoms with E-state index in [1.807, 2.05) is 18.2 Å². The van der Waals surface area contributed by atoms with Gasteiger partial charge in [0.1, 0.15) is 5.75 Å². The molecule has 0 spiro atoms. The number of ether oxygens (including phenoxy) is 1. The molecule has 4 rings (SSSR count). The summed E-state index contributed by atoms with van der Waals surface area (Å²) in [4.78, 5) is 0. The summed E-state index contributed by atoms with van der Waals surface area (Å²) in [6.45, 7) is 1.56. The Balaban J connectivity index is 1.55. The van der Waals surface area contributed by atoms with Crippen molar-refractivity contribution in [3.63, 3.8) is 0 Å². The van der Waals surface area contributed by atoms with E-state index >= 15 is 0 Å². The van der Waals surface area contributed by atoms with Crippen molar-refractivity contribution in [1.29, 1.82) is 0 Å². The van der Waals surface area contributed by atoms with Gasteiger partial charge in [-0.15, -0.1) is 0 Å². The Kier molecular flexibility index (Phi) is 3.32. The van der Waals surface area contributed by atoms with Crippen LogP contribution < -0.4 is 5.32 Å². The third-order valence-corrected chi connectivity index (χ3v) is 4.78. The maximum Gasteiger partial charge on any atom is 0.120 e. The summed E-state index contributed by atoms with van der Waals surface area (Å²) >= 11 is 0. The zero-order chi connectivity index (χ0) is 14.2. The Hall–Kier alpha value is -1.58. The van der Waals surface area contributed by atoms with Crippen molar-refractivity contribution in [2.75, 3.05) is 6.61 Å². The summed E-state index contributed by atoms with van der Waals surface area (Å²) in [7, 11) is 0. The molecular formula is C18H21NO2. The van der Waals surface area contributed by atoms with Crippen LogP contribution >= 0.6 is 0 Å². The smallest absolute Gasteiger partial charge is 0.120 e. The topological polar surface area (TPSA) is 41.5 Å². The van der Waals surface area contributed by atoms with E-state index in [0.29, 0.717) is 24.4 Å². The number of nitrogens with one attached hydrogen (secondary N) is 1. The highest BCUT2D eigenvalue weighted by Gasteiger charge is 2.40. The van der Waals surface area contributed by atoms with Gasteiger partial charge < -0.3 is 15.2 Å². The quantitative estimate of drug-likeness (QED) is 0.905. The van der Waals surface area contributed by atoms with Gasteiger partial charge in [0.05, 0.1) is 6.10 Å². The second-order valence-corrected chi connectivity index (χ2v) is 6.23. The Morgan fingerprint density at radius 1 is 1.10 bits per heavy atom. The first kappa shape index (κ1) is 13.1. The van der Waals surface area contributed by atoms with E-state index in [1.54, 1.807) is 6.07 Å². The normalized spacial score (nSPS) is 25.5. The summed E-state index contributed by atoms with van der Waals surface area (Å²) in [5.74, 6) is 1.13. The number of fused-ring (bicyclic) bond motifs is 1. The molecule has 21 heavy (non-hydrogen) atoms. The van der Waals surface area contributed by atoms with Crippen LogP contribution in [-0.4, -0.2) is 23.9 Å². The number of hydrogen-bond acceptors (Lipinski definition) is 3. The summed E-state index contributed by atoms with van der Waals surface area (Å²) < 4.78 is 5.87. The van der Waals surface area contributed by atoms with Crippen molar-refractivity contribution < 1.29 is 9.84 Å². The van der Waals surface area contributed by atoms with Crippen LogP contribution in [0.25, 0.3) is 10.8 Å². The molecule has 1 aliphatic heterocycles. The van der Waals surface area contributed by atoms with Crippen molar-refractivity contribution in [2.45, 2.75) is 38.0 Å². The fourth-order valence-corrected chi connectivity index (χ4v) is 3.46. The second kappa shape index (κ2) is 5.32. The Bertz CT molecular complexity index is 651. The minimum Gasteiger partial charge on any atom is -0.508 e. The molecule has 0 bridgehead atoms. The van der Waals surface area contributed by atoms with Gasteiger partial charge in [-0.2, -0.15) is 0 Å². The fraction of sp³-hybridized carbons (Fsp3) is 0.444. The number of hydrogen-bond donors (Lipinski definition) is 2. The molecule has 0 amide bonds. The summed E-state index contributed by atoms with van der Waals surface area (Å²) in [6.07, 6.45) is 4.07. The van der Waals surface area contributed by atoms with Crippen LogP contribution in [0.1, 0.15) is 24.8 Å². The van der Waals surface area contributed by atoms with Gasteiger partial charge in [0.25, 0.3) is 0 Å². The van der Waals surface area contributed by atoms with Gasteiger partial charge in [-0.3, -0.25) is 0 Å². The van der Waals surface area contributed by atoms with Gasteiger partial charge in [-0.05, 0) is 42.0 Å². The Morgan fingerprint density at radius 3 is 2.81 bits per heavy atom. The molecule has 2 unspecified atom stereocenters. The van der Waals surface area contributed by atoms with Crippen molar-refractivity contribution in [3.8, 4) is 5.75 Å². The highest BCUT2D eigenvalue weighted by Crippen LogP contribution is 2.39. The molecule has 2 atom stereocenters. The van der Waals surface area contributed by atoms with Gasteiger partial charge in [-0.25, -0.2) is 0 Å². The molecule has 1 aliphatic carbocycles. The minimum absolute atomic E-state index is 0.377. The number of phenolic OH excluding ortho intramolecular Hbond substituents is 1. The number of phenols is 1. The Morgan fingerprint density at radius 2 is 1.95 bits per heavy atom. The summed E-state index contributed by atoms with van der Waals surface area (Å²) in [5, 5.41) is 16.1. The molecule has 3 nitrogen and oxygen atoms in total. The lowest BCUT2D eigenvalue weighted by Crippen LogP contribution is -2.37. The van der Waals surface area contributed by atoms with Gasteiger partial charge in [0.15, 0.2) is 0 Å². The van der Waals surface area contributed by atoms with Crippen LogP contribution in [-0.2, 0) is 11.3 Å². The molecular weight excluding hydrogens is 262 g/mol. The molecule has 2 aliphatic rings. The summed E-state index contributed by atoms with van der Waals surface area (Å²) in [6, 6.07) is 12.4. The van der Waals surface area contributed by atoms with Crippen molar-refractivity contribution in [2.24, 2.45) is 5.92 Å². The standard InChI is InChI=1S/C18H21NO2/c20-17-8-7-12-3-1-2-4-14(12)15(17)11-19-16-9-10-21-18(16)13-5-6-13/h1-4,7-8,13,16,18-20H,5-6,9-11H2. The molecule has 2 N–H and O–H groups in total. The molecule has 1 saturated heterocycles. The maximum absolute atomic E-state index is 10.2. The first-order valence-electron chi connectivity index (χ1n) is 7.87. The van der Waals surface area contributed by atoms with Crippen LogP contribution in [0, 0.1) is 5.92 Å². The molecule has 2 aromatic rings. The molecule has 0 radical (unpaired) electrons. The average Bonchev–Trinajstić information content (AvgIpc) is 3.25. The van der Waals surface area contributed by atoms with E-state index in [0.717, 1.165) is 29.9 Å². The highest BCUT2D eigenvalue weighted by molar-refractivity contribution is 5.87. The van der Waals surface area contributed by atoms with Crippen molar-refractivity contribution in [1.82, 2.24) is 5.32 Å². The van der Waals surface area contributed by atoms with E-state index < -0.39 is 0 Å². The first-order valence-corrected chi connectivity index (χ1v) is 7.87. The van der Waals surface area contributed by atoms with Crippen LogP contribution in [0.3, 0.4) is 0 Å². The lowest BCUT2D eigenvalue weighted by Gasteiger charge is -2.20. The third-order valence-electron chi connectivity index (χ3n) is 4.78. The van der Waals surface area contributed by atoms with E-state index in [2.05, 4.69) is 17.4 Å². The van der Waals surface area contributed by atoms with Crippen LogP contribution in [0.5, 0.6) is 5.75 Å². The van der Waals surface area contributed by atoms with Gasteiger partial charge in [-0.1, -0.05) is 30.3 Å². The van der Waals surface area contributed by atoms with E-state index in [1.165, 1.54) is 18.2 Å². The molecule has 1 saturated carbocycles. The van der Waals surface area contributed by atoms with Crippen molar-refractivity contribution in [3.05, 3.63) is 42.0 Å². The molecule has 0 aromatic heterocycles. The predicted molar refractivity (Wildman–Crippen MR) is 83.3 cm³/mol. The number of rotatable bonds is 4. The largest absolute Gasteiger partial charge is 0.508 e. The van der Waals surface area contributed by atoms with Gasteiger partial charge in [0, 0.05) is 24.8 Å². The zero-order valence-electron chi connectivity index (χ0n) is 12.1. The SMILES string of the molecule is Oc1ccc2ccccc2c1CNC1CCOC1C1CC1. The monoisotopic (exact) mass is 283 g/mol. The first-order chi connectivity index (χ1) is 10.3. The fourth-order valence-electron chi connectivity index (χ4n) is 3.46. The van der Waals surface area contributed by atoms with Gasteiger partial charge in [0.2, 0.25) is 0 Å². The van der Waals surface area contributed by atoms with Crippen LogP contribution in [0.4, 0.5) is 0 Å². The molecule has 2 fully saturated rings. The predicted octanol–water partition coefficient (Wildman–Crippen LogP) is 3.20. The van der Waals surface area contributed by atoms with Crippen LogP contribution in [0.2, 0.25) is 0 Å². The van der Waals surface area contributed by atoms with E-state index in [9.17, 15) is 5.11 Å². The Labute approximate surface area is 124 Å². The van der Waals surface area contributed by atoms with Crippen LogP contribution in [0.15, 0.2) is 36.4 Å². The number of aromatic hydroxyl groups is 1. The van der Waals surface area contributed by atoms with Gasteiger partial charge >= 0.3 is 0 Å². The van der Waals surface area contributed by atoms with Crippen molar-refractivity contribution >= 4 is 10.8 Å². The average molecular weight is 283 g/mol. The zero-order valence-corrected chi connectivity index (χ0v) is 12.1. The molecule has 3 heteroatoms. The maximum atomic E-state index is 10.2. The van der Waals surface area contributed by atoms with E-state index in [4.69, 9.17) is 4.74 Å². The molecule has 110 valence electrons. The number of benzene rings is 2. The highest BCUT2D eigenvalue weighted by atomic mass is 16.5. The molecule has 2 aromatic carbocycles. The van der Waals surface area contributed by atoms with E-state index in [-0.39, 0.29) is 0 Å². The minimum atomic E-state index is 0.377. The third kappa shape index (κ3) is 2.52. The lowest BCUT2D eigenvalue weighted by atomic mass is 10.0. The molecule has 1 heterocycles. The second-order valence-electron chi connectivity index (χ2n) is 6.23. The summed E-state index contributed by atoms with van der Waals surface area (Å²) in [5.41, 5.74) is 0.995. The lowest BCUT2D eigenvalue weighted by molar-refractivity contribution is 0.0808.